The standard InChI is InChI=1S/C21H37N7O.HI/c1-17(2)16-28-10-7-23-19(28)15-24-21(22-4)27-13-11-25(12-14-27)18(3)20(29)26-8-5-6-9-26;/h7,10,17-18H,5-6,8-9,11-16H2,1-4H3,(H,22,24);1H. The number of imidazole rings is 1. The third kappa shape index (κ3) is 6.32. The van der Waals surface area contributed by atoms with Gasteiger partial charge in [0.05, 0.1) is 12.6 Å². The zero-order valence-corrected chi connectivity index (χ0v) is 21.2. The molecule has 1 amide bonds. The minimum Gasteiger partial charge on any atom is -0.349 e. The Bertz CT molecular complexity index is 691. The Hall–Kier alpha value is -1.36. The lowest BCUT2D eigenvalue weighted by atomic mass is 10.2. The van der Waals surface area contributed by atoms with E-state index in [1.807, 2.05) is 24.3 Å². The molecule has 0 aliphatic carbocycles. The van der Waals surface area contributed by atoms with E-state index in [0.29, 0.717) is 12.5 Å². The second-order valence-electron chi connectivity index (χ2n) is 8.52. The Balaban J connectivity index is 0.00000320. The van der Waals surface area contributed by atoms with Crippen LogP contribution in [-0.2, 0) is 17.9 Å². The maximum atomic E-state index is 12.7. The lowest BCUT2D eigenvalue weighted by Crippen LogP contribution is -2.57. The van der Waals surface area contributed by atoms with Gasteiger partial charge in [-0.05, 0) is 25.7 Å². The number of carbonyl (C=O) groups excluding carboxylic acids is 1. The van der Waals surface area contributed by atoms with Gasteiger partial charge in [0.25, 0.3) is 0 Å². The first-order valence-electron chi connectivity index (χ1n) is 11.0. The van der Waals surface area contributed by atoms with Crippen LogP contribution in [0.15, 0.2) is 17.4 Å². The van der Waals surface area contributed by atoms with Crippen LogP contribution in [0.3, 0.4) is 0 Å². The first kappa shape index (κ1) is 24.9. The molecule has 8 nitrogen and oxygen atoms in total. The monoisotopic (exact) mass is 531 g/mol. The fraction of sp³-hybridized carbons (Fsp3) is 0.762. The van der Waals surface area contributed by atoms with Gasteiger partial charge in [-0.2, -0.15) is 0 Å². The second-order valence-corrected chi connectivity index (χ2v) is 8.52. The average Bonchev–Trinajstić information content (AvgIpc) is 3.40. The van der Waals surface area contributed by atoms with Crippen molar-refractivity contribution in [1.29, 1.82) is 0 Å². The first-order valence-corrected chi connectivity index (χ1v) is 11.0. The number of amides is 1. The van der Waals surface area contributed by atoms with Crippen LogP contribution in [0.4, 0.5) is 0 Å². The molecule has 3 heterocycles. The third-order valence-electron chi connectivity index (χ3n) is 5.92. The van der Waals surface area contributed by atoms with Crippen molar-refractivity contribution in [1.82, 2.24) is 29.6 Å². The predicted octanol–water partition coefficient (Wildman–Crippen LogP) is 1.86. The molecule has 3 rings (SSSR count). The van der Waals surface area contributed by atoms with Crippen molar-refractivity contribution in [2.75, 3.05) is 46.3 Å². The molecule has 2 fully saturated rings. The van der Waals surface area contributed by atoms with E-state index in [2.05, 4.69) is 50.4 Å². The van der Waals surface area contributed by atoms with Crippen molar-refractivity contribution in [3.8, 4) is 0 Å². The zero-order chi connectivity index (χ0) is 20.8. The van der Waals surface area contributed by atoms with E-state index in [1.54, 1.807) is 0 Å². The van der Waals surface area contributed by atoms with Crippen molar-refractivity contribution < 1.29 is 4.79 Å². The highest BCUT2D eigenvalue weighted by Gasteiger charge is 2.30. The van der Waals surface area contributed by atoms with Crippen LogP contribution in [0.2, 0.25) is 0 Å². The number of hydrogen-bond donors (Lipinski definition) is 1. The van der Waals surface area contributed by atoms with Gasteiger partial charge in [-0.3, -0.25) is 14.7 Å². The summed E-state index contributed by atoms with van der Waals surface area (Å²) >= 11 is 0. The molecule has 9 heteroatoms. The van der Waals surface area contributed by atoms with Crippen LogP contribution in [-0.4, -0.2) is 88.5 Å². The SMILES string of the molecule is CN=C(NCc1nccn1CC(C)C)N1CCN(C(C)C(=O)N2CCCC2)CC1.I. The number of guanidine groups is 1. The number of hydrogen-bond acceptors (Lipinski definition) is 4. The predicted molar refractivity (Wildman–Crippen MR) is 131 cm³/mol. The highest BCUT2D eigenvalue weighted by Crippen LogP contribution is 2.14. The van der Waals surface area contributed by atoms with E-state index >= 15 is 0 Å². The molecule has 2 aliphatic heterocycles. The number of aliphatic imine (C=N–C) groups is 1. The Morgan fingerprint density at radius 3 is 2.37 bits per heavy atom. The van der Waals surface area contributed by atoms with E-state index in [9.17, 15) is 4.79 Å². The summed E-state index contributed by atoms with van der Waals surface area (Å²) in [6, 6.07) is -0.0336. The van der Waals surface area contributed by atoms with Crippen LogP contribution in [0.5, 0.6) is 0 Å². The summed E-state index contributed by atoms with van der Waals surface area (Å²) in [7, 11) is 1.83. The van der Waals surface area contributed by atoms with Crippen molar-refractivity contribution >= 4 is 35.8 Å². The Kier molecular flexibility index (Phi) is 9.86. The molecule has 0 spiro atoms. The maximum Gasteiger partial charge on any atom is 0.239 e. The van der Waals surface area contributed by atoms with Crippen LogP contribution in [0, 0.1) is 5.92 Å². The topological polar surface area (TPSA) is 69.0 Å². The van der Waals surface area contributed by atoms with Crippen molar-refractivity contribution in [2.45, 2.75) is 52.7 Å². The van der Waals surface area contributed by atoms with Gasteiger partial charge >= 0.3 is 0 Å². The lowest BCUT2D eigenvalue weighted by Gasteiger charge is -2.39. The van der Waals surface area contributed by atoms with Crippen LogP contribution in [0.1, 0.15) is 39.4 Å². The molecule has 1 aromatic rings. The highest BCUT2D eigenvalue weighted by atomic mass is 127. The van der Waals surface area contributed by atoms with E-state index in [1.165, 1.54) is 0 Å². The molecule has 1 N–H and O–H groups in total. The smallest absolute Gasteiger partial charge is 0.239 e. The molecule has 30 heavy (non-hydrogen) atoms. The largest absolute Gasteiger partial charge is 0.349 e. The molecule has 2 saturated heterocycles. The lowest BCUT2D eigenvalue weighted by molar-refractivity contribution is -0.135. The molecule has 0 aromatic carbocycles. The zero-order valence-electron chi connectivity index (χ0n) is 18.9. The summed E-state index contributed by atoms with van der Waals surface area (Å²) in [5.41, 5.74) is 0. The summed E-state index contributed by atoms with van der Waals surface area (Å²) in [5, 5.41) is 3.47. The van der Waals surface area contributed by atoms with Crippen LogP contribution in [0.25, 0.3) is 0 Å². The van der Waals surface area contributed by atoms with Gasteiger partial charge in [-0.1, -0.05) is 13.8 Å². The molecule has 0 radical (unpaired) electrons. The minimum absolute atomic E-state index is 0. The first-order chi connectivity index (χ1) is 14.0. The number of nitrogens with zero attached hydrogens (tertiary/aromatic N) is 6. The number of aromatic nitrogens is 2. The van der Waals surface area contributed by atoms with Gasteiger partial charge < -0.3 is 19.7 Å². The number of halogens is 1. The Morgan fingerprint density at radius 2 is 1.77 bits per heavy atom. The molecular weight excluding hydrogens is 493 g/mol. The summed E-state index contributed by atoms with van der Waals surface area (Å²) in [6.45, 7) is 13.5. The summed E-state index contributed by atoms with van der Waals surface area (Å²) in [6.07, 6.45) is 6.18. The van der Waals surface area contributed by atoms with Crippen molar-refractivity contribution in [2.24, 2.45) is 10.9 Å². The summed E-state index contributed by atoms with van der Waals surface area (Å²) in [5.74, 6) is 2.81. The number of piperazine rings is 1. The van der Waals surface area contributed by atoms with Crippen molar-refractivity contribution in [3.63, 3.8) is 0 Å². The number of carbonyl (C=O) groups is 1. The quantitative estimate of drug-likeness (QED) is 0.345. The van der Waals surface area contributed by atoms with Gasteiger partial charge in [0.1, 0.15) is 5.82 Å². The van der Waals surface area contributed by atoms with Crippen LogP contribution < -0.4 is 5.32 Å². The van der Waals surface area contributed by atoms with E-state index < -0.39 is 0 Å². The van der Waals surface area contributed by atoms with Gasteiger partial charge in [-0.25, -0.2) is 4.98 Å². The maximum absolute atomic E-state index is 12.7. The molecular formula is C21H38IN7O. The summed E-state index contributed by atoms with van der Waals surface area (Å²) in [4.78, 5) is 28.3. The molecule has 2 aliphatic rings. The number of likely N-dealkylation sites (tertiary alicyclic amines) is 1. The fourth-order valence-electron chi connectivity index (χ4n) is 4.24. The van der Waals surface area contributed by atoms with E-state index in [0.717, 1.165) is 70.4 Å². The Labute approximate surface area is 198 Å². The second kappa shape index (κ2) is 11.9. The van der Waals surface area contributed by atoms with Crippen LogP contribution >= 0.6 is 24.0 Å². The number of rotatable bonds is 6. The van der Waals surface area contributed by atoms with E-state index in [4.69, 9.17) is 0 Å². The molecule has 1 unspecified atom stereocenters. The molecule has 1 aromatic heterocycles. The molecule has 170 valence electrons. The van der Waals surface area contributed by atoms with E-state index in [-0.39, 0.29) is 35.9 Å². The molecule has 0 saturated carbocycles. The Morgan fingerprint density at radius 1 is 1.10 bits per heavy atom. The van der Waals surface area contributed by atoms with Gasteiger partial charge in [0.15, 0.2) is 5.96 Å². The van der Waals surface area contributed by atoms with Gasteiger partial charge in [0, 0.05) is 65.3 Å². The van der Waals surface area contributed by atoms with Crippen molar-refractivity contribution in [3.05, 3.63) is 18.2 Å². The molecule has 1 atom stereocenters. The average molecular weight is 531 g/mol. The highest BCUT2D eigenvalue weighted by molar-refractivity contribution is 14.0. The normalized spacial score (nSPS) is 19.2. The third-order valence-corrected chi connectivity index (χ3v) is 5.92. The number of nitrogens with one attached hydrogen (secondary N) is 1. The molecule has 0 bridgehead atoms. The fourth-order valence-corrected chi connectivity index (χ4v) is 4.24. The van der Waals surface area contributed by atoms with Gasteiger partial charge in [-0.15, -0.1) is 24.0 Å². The minimum atomic E-state index is -0.0336. The summed E-state index contributed by atoms with van der Waals surface area (Å²) < 4.78 is 2.20. The van der Waals surface area contributed by atoms with Gasteiger partial charge in [0.2, 0.25) is 5.91 Å².